The molecular formula is C12H11N3O2. The lowest BCUT2D eigenvalue weighted by molar-refractivity contribution is 0.0930. The van der Waals surface area contributed by atoms with Crippen LogP contribution in [0.3, 0.4) is 0 Å². The quantitative estimate of drug-likeness (QED) is 0.815. The molecule has 86 valence electrons. The fourth-order valence-electron chi connectivity index (χ4n) is 1.90. The van der Waals surface area contributed by atoms with Crippen molar-refractivity contribution < 1.29 is 9.53 Å². The van der Waals surface area contributed by atoms with Crippen molar-refractivity contribution >= 4 is 5.91 Å². The highest BCUT2D eigenvalue weighted by atomic mass is 16.5. The summed E-state index contributed by atoms with van der Waals surface area (Å²) in [5, 5.41) is 9.27. The van der Waals surface area contributed by atoms with E-state index in [0.29, 0.717) is 12.2 Å². The van der Waals surface area contributed by atoms with E-state index < -0.39 is 0 Å². The van der Waals surface area contributed by atoms with Crippen molar-refractivity contribution in [2.75, 3.05) is 6.61 Å². The van der Waals surface area contributed by atoms with Crippen LogP contribution < -0.4 is 10.1 Å². The summed E-state index contributed by atoms with van der Waals surface area (Å²) in [6.45, 7) is 0.475. The zero-order chi connectivity index (χ0) is 11.7. The Balaban J connectivity index is 1.78. The number of carbonyl (C=O) groups is 1. The van der Waals surface area contributed by atoms with E-state index in [1.54, 1.807) is 6.20 Å². The molecule has 0 spiro atoms. The smallest absolute Gasteiger partial charge is 0.255 e. The van der Waals surface area contributed by atoms with Gasteiger partial charge in [0.2, 0.25) is 0 Å². The zero-order valence-corrected chi connectivity index (χ0v) is 9.01. The maximum Gasteiger partial charge on any atom is 0.255 e. The topological polar surface area (TPSA) is 67.0 Å². The molecule has 5 heteroatoms. The number of nitrogens with one attached hydrogen (secondary N) is 2. The van der Waals surface area contributed by atoms with Gasteiger partial charge in [0.05, 0.1) is 17.8 Å². The van der Waals surface area contributed by atoms with Crippen molar-refractivity contribution in [1.82, 2.24) is 15.5 Å². The van der Waals surface area contributed by atoms with E-state index in [0.717, 1.165) is 11.3 Å². The number of benzene rings is 1. The Labute approximate surface area is 97.8 Å². The molecule has 1 aliphatic heterocycles. The Kier molecular flexibility index (Phi) is 2.29. The van der Waals surface area contributed by atoms with Gasteiger partial charge in [-0.3, -0.25) is 9.89 Å². The van der Waals surface area contributed by atoms with Crippen molar-refractivity contribution in [1.29, 1.82) is 0 Å². The van der Waals surface area contributed by atoms with Crippen LogP contribution in [0.4, 0.5) is 0 Å². The SMILES string of the molecule is O=C(NC1COc2ccccc21)c1cn[nH]c1. The van der Waals surface area contributed by atoms with E-state index in [1.807, 2.05) is 24.3 Å². The number of rotatable bonds is 2. The first-order valence-corrected chi connectivity index (χ1v) is 5.36. The van der Waals surface area contributed by atoms with Gasteiger partial charge in [-0.25, -0.2) is 0 Å². The van der Waals surface area contributed by atoms with Gasteiger partial charge in [-0.1, -0.05) is 18.2 Å². The summed E-state index contributed by atoms with van der Waals surface area (Å²) in [5.41, 5.74) is 1.54. The monoisotopic (exact) mass is 229 g/mol. The lowest BCUT2D eigenvalue weighted by Gasteiger charge is -2.10. The zero-order valence-electron chi connectivity index (χ0n) is 9.01. The fraction of sp³-hybridized carbons (Fsp3) is 0.167. The lowest BCUT2D eigenvalue weighted by atomic mass is 10.1. The standard InChI is InChI=1S/C12H11N3O2/c16-12(8-5-13-14-6-8)15-10-7-17-11-4-2-1-3-9(10)11/h1-6,10H,7H2,(H,13,14)(H,15,16). The highest BCUT2D eigenvalue weighted by Crippen LogP contribution is 2.31. The van der Waals surface area contributed by atoms with E-state index >= 15 is 0 Å². The normalized spacial score (nSPS) is 17.3. The van der Waals surface area contributed by atoms with Gasteiger partial charge < -0.3 is 10.1 Å². The molecule has 1 aliphatic rings. The number of hydrogen-bond acceptors (Lipinski definition) is 3. The predicted octanol–water partition coefficient (Wildman–Crippen LogP) is 1.27. The summed E-state index contributed by atoms with van der Waals surface area (Å²) in [6.07, 6.45) is 3.06. The van der Waals surface area contributed by atoms with Gasteiger partial charge in [0.25, 0.3) is 5.91 Å². The summed E-state index contributed by atoms with van der Waals surface area (Å²) in [7, 11) is 0. The third-order valence-corrected chi connectivity index (χ3v) is 2.77. The van der Waals surface area contributed by atoms with Crippen molar-refractivity contribution in [3.8, 4) is 5.75 Å². The van der Waals surface area contributed by atoms with Crippen LogP contribution in [0.2, 0.25) is 0 Å². The second-order valence-electron chi connectivity index (χ2n) is 3.86. The number of H-pyrrole nitrogens is 1. The van der Waals surface area contributed by atoms with Gasteiger partial charge in [0, 0.05) is 11.8 Å². The number of fused-ring (bicyclic) bond motifs is 1. The van der Waals surface area contributed by atoms with Crippen LogP contribution in [0.1, 0.15) is 22.0 Å². The van der Waals surface area contributed by atoms with Crippen molar-refractivity contribution in [2.45, 2.75) is 6.04 Å². The first-order chi connectivity index (χ1) is 8.34. The Bertz CT molecular complexity index is 536. The summed E-state index contributed by atoms with van der Waals surface area (Å²) in [5.74, 6) is 0.689. The summed E-state index contributed by atoms with van der Waals surface area (Å²) in [6, 6.07) is 7.62. The predicted molar refractivity (Wildman–Crippen MR) is 60.7 cm³/mol. The third kappa shape index (κ3) is 1.75. The Hall–Kier alpha value is -2.30. The largest absolute Gasteiger partial charge is 0.491 e. The average Bonchev–Trinajstić information content (AvgIpc) is 2.98. The number of para-hydroxylation sites is 1. The Morgan fingerprint density at radius 2 is 2.35 bits per heavy atom. The number of carbonyl (C=O) groups excluding carboxylic acids is 1. The number of hydrogen-bond donors (Lipinski definition) is 2. The van der Waals surface area contributed by atoms with Crippen molar-refractivity contribution in [3.05, 3.63) is 47.8 Å². The maximum absolute atomic E-state index is 11.8. The molecule has 0 radical (unpaired) electrons. The molecule has 0 saturated heterocycles. The van der Waals surface area contributed by atoms with Gasteiger partial charge in [-0.05, 0) is 6.07 Å². The molecule has 17 heavy (non-hydrogen) atoms. The van der Waals surface area contributed by atoms with Crippen molar-refractivity contribution in [3.63, 3.8) is 0 Å². The Morgan fingerprint density at radius 3 is 3.18 bits per heavy atom. The van der Waals surface area contributed by atoms with E-state index in [1.165, 1.54) is 6.20 Å². The molecule has 1 amide bonds. The van der Waals surface area contributed by atoms with Gasteiger partial charge in [0.15, 0.2) is 0 Å². The summed E-state index contributed by atoms with van der Waals surface area (Å²) >= 11 is 0. The van der Waals surface area contributed by atoms with Crippen molar-refractivity contribution in [2.24, 2.45) is 0 Å². The van der Waals surface area contributed by atoms with E-state index in [2.05, 4.69) is 15.5 Å². The molecule has 1 atom stereocenters. The molecule has 1 aromatic heterocycles. The van der Waals surface area contributed by atoms with Crippen LogP contribution in [-0.2, 0) is 0 Å². The van der Waals surface area contributed by atoms with E-state index in [9.17, 15) is 4.79 Å². The van der Waals surface area contributed by atoms with Crippen LogP contribution in [0.5, 0.6) is 5.75 Å². The summed E-state index contributed by atoms with van der Waals surface area (Å²) in [4.78, 5) is 11.8. The number of amides is 1. The van der Waals surface area contributed by atoms with E-state index in [4.69, 9.17) is 4.74 Å². The second-order valence-corrected chi connectivity index (χ2v) is 3.86. The minimum Gasteiger partial charge on any atom is -0.491 e. The molecular weight excluding hydrogens is 218 g/mol. The molecule has 0 aliphatic carbocycles. The first kappa shape index (κ1) is 9.89. The van der Waals surface area contributed by atoms with Crippen LogP contribution >= 0.6 is 0 Å². The first-order valence-electron chi connectivity index (χ1n) is 5.36. The molecule has 5 nitrogen and oxygen atoms in total. The minimum absolute atomic E-state index is 0.0893. The van der Waals surface area contributed by atoms with E-state index in [-0.39, 0.29) is 11.9 Å². The van der Waals surface area contributed by atoms with Crippen LogP contribution in [0.15, 0.2) is 36.7 Å². The lowest BCUT2D eigenvalue weighted by Crippen LogP contribution is -2.29. The molecule has 2 heterocycles. The van der Waals surface area contributed by atoms with Crippen LogP contribution in [0, 0.1) is 0 Å². The molecule has 1 aromatic carbocycles. The molecule has 0 bridgehead atoms. The van der Waals surface area contributed by atoms with Gasteiger partial charge in [-0.2, -0.15) is 5.10 Å². The maximum atomic E-state index is 11.8. The molecule has 2 aromatic rings. The average molecular weight is 229 g/mol. The molecule has 1 unspecified atom stereocenters. The molecule has 3 rings (SSSR count). The van der Waals surface area contributed by atoms with Gasteiger partial charge in [0.1, 0.15) is 12.4 Å². The summed E-state index contributed by atoms with van der Waals surface area (Å²) < 4.78 is 5.49. The molecule has 0 saturated carbocycles. The third-order valence-electron chi connectivity index (χ3n) is 2.77. The fourth-order valence-corrected chi connectivity index (χ4v) is 1.90. The highest BCUT2D eigenvalue weighted by molar-refractivity contribution is 5.94. The number of aromatic nitrogens is 2. The number of ether oxygens (including phenoxy) is 1. The van der Waals surface area contributed by atoms with Crippen LogP contribution in [0.25, 0.3) is 0 Å². The van der Waals surface area contributed by atoms with Crippen LogP contribution in [-0.4, -0.2) is 22.7 Å². The number of nitrogens with zero attached hydrogens (tertiary/aromatic N) is 1. The molecule has 2 N–H and O–H groups in total. The second kappa shape index (κ2) is 3.93. The minimum atomic E-state index is -0.149. The number of aromatic amines is 1. The highest BCUT2D eigenvalue weighted by Gasteiger charge is 2.25. The Morgan fingerprint density at radius 1 is 1.47 bits per heavy atom. The van der Waals surface area contributed by atoms with Gasteiger partial charge >= 0.3 is 0 Å². The molecule has 0 fully saturated rings. The van der Waals surface area contributed by atoms with Gasteiger partial charge in [-0.15, -0.1) is 0 Å².